The van der Waals surface area contributed by atoms with Crippen molar-refractivity contribution in [2.24, 2.45) is 0 Å². The van der Waals surface area contributed by atoms with Gasteiger partial charge in [0.05, 0.1) is 14.2 Å². The van der Waals surface area contributed by atoms with Crippen LogP contribution < -0.4 is 9.47 Å². The van der Waals surface area contributed by atoms with Crippen molar-refractivity contribution in [3.63, 3.8) is 0 Å². The van der Waals surface area contributed by atoms with Crippen LogP contribution in [-0.4, -0.2) is 34.0 Å². The highest BCUT2D eigenvalue weighted by atomic mass is 16.5. The Morgan fingerprint density at radius 3 is 2.22 bits per heavy atom. The van der Waals surface area contributed by atoms with E-state index in [0.29, 0.717) is 17.3 Å². The number of aromatic nitrogens is 4. The first-order valence-electron chi connectivity index (χ1n) is 7.22. The molecular formula is C17H18N4O2. The van der Waals surface area contributed by atoms with Crippen LogP contribution in [0.2, 0.25) is 0 Å². The minimum absolute atomic E-state index is 0.690. The molecule has 0 aliphatic carbocycles. The van der Waals surface area contributed by atoms with Gasteiger partial charge in [0.1, 0.15) is 23.0 Å². The van der Waals surface area contributed by atoms with Crippen molar-refractivity contribution in [1.82, 2.24) is 19.7 Å². The van der Waals surface area contributed by atoms with Crippen LogP contribution in [0.15, 0.2) is 36.5 Å². The number of hydrogen-bond donors (Lipinski definition) is 0. The molecule has 0 saturated carbocycles. The first kappa shape index (κ1) is 15.0. The van der Waals surface area contributed by atoms with Crippen molar-refractivity contribution in [3.8, 4) is 28.6 Å². The van der Waals surface area contributed by atoms with E-state index in [0.717, 1.165) is 22.8 Å². The zero-order chi connectivity index (χ0) is 16.4. The highest BCUT2D eigenvalue weighted by molar-refractivity contribution is 5.66. The maximum Gasteiger partial charge on any atom is 0.170 e. The molecule has 0 atom stereocenters. The van der Waals surface area contributed by atoms with Crippen LogP contribution in [0, 0.1) is 13.8 Å². The molecule has 1 aromatic carbocycles. The number of pyridine rings is 1. The summed E-state index contributed by atoms with van der Waals surface area (Å²) in [6, 6.07) is 9.52. The van der Waals surface area contributed by atoms with Gasteiger partial charge in [-0.15, -0.1) is 10.2 Å². The molecule has 0 amide bonds. The molecule has 23 heavy (non-hydrogen) atoms. The first-order valence-corrected chi connectivity index (χ1v) is 7.22. The van der Waals surface area contributed by atoms with Crippen LogP contribution in [0.3, 0.4) is 0 Å². The third-order valence-corrected chi connectivity index (χ3v) is 3.70. The second-order valence-corrected chi connectivity index (χ2v) is 5.05. The number of benzene rings is 1. The lowest BCUT2D eigenvalue weighted by Crippen LogP contribution is -2.05. The quantitative estimate of drug-likeness (QED) is 0.741. The molecule has 0 radical (unpaired) electrons. The van der Waals surface area contributed by atoms with Gasteiger partial charge in [0.2, 0.25) is 0 Å². The normalized spacial score (nSPS) is 10.6. The van der Waals surface area contributed by atoms with E-state index in [4.69, 9.17) is 9.47 Å². The molecule has 0 unspecified atom stereocenters. The zero-order valence-electron chi connectivity index (χ0n) is 13.6. The molecule has 0 saturated heterocycles. The Kier molecular flexibility index (Phi) is 3.97. The van der Waals surface area contributed by atoms with E-state index in [-0.39, 0.29) is 0 Å². The van der Waals surface area contributed by atoms with E-state index in [1.54, 1.807) is 20.4 Å². The van der Waals surface area contributed by atoms with E-state index >= 15 is 0 Å². The Morgan fingerprint density at radius 1 is 0.913 bits per heavy atom. The maximum absolute atomic E-state index is 5.52. The summed E-state index contributed by atoms with van der Waals surface area (Å²) in [6.45, 7) is 3.84. The van der Waals surface area contributed by atoms with Gasteiger partial charge in [-0.1, -0.05) is 6.07 Å². The molecule has 118 valence electrons. The highest BCUT2D eigenvalue weighted by Crippen LogP contribution is 2.36. The summed E-state index contributed by atoms with van der Waals surface area (Å²) in [5, 5.41) is 8.57. The minimum Gasteiger partial charge on any atom is -0.494 e. The van der Waals surface area contributed by atoms with Gasteiger partial charge in [-0.25, -0.2) is 0 Å². The zero-order valence-corrected chi connectivity index (χ0v) is 13.6. The lowest BCUT2D eigenvalue weighted by Gasteiger charge is -2.16. The third kappa shape index (κ3) is 2.52. The average Bonchev–Trinajstić information content (AvgIpc) is 2.95. The summed E-state index contributed by atoms with van der Waals surface area (Å²) in [6.07, 6.45) is 1.76. The lowest BCUT2D eigenvalue weighted by atomic mass is 10.1. The topological polar surface area (TPSA) is 62.1 Å². The number of para-hydroxylation sites is 1. The number of methoxy groups -OCH3 is 2. The highest BCUT2D eigenvalue weighted by Gasteiger charge is 2.21. The molecule has 2 aromatic heterocycles. The van der Waals surface area contributed by atoms with E-state index < -0.39 is 0 Å². The van der Waals surface area contributed by atoms with Crippen molar-refractivity contribution >= 4 is 0 Å². The van der Waals surface area contributed by atoms with Gasteiger partial charge in [0.15, 0.2) is 5.82 Å². The average molecular weight is 310 g/mol. The number of hydrogen-bond acceptors (Lipinski definition) is 5. The molecule has 2 heterocycles. The predicted octanol–water partition coefficient (Wildman–Crippen LogP) is 2.96. The van der Waals surface area contributed by atoms with Crippen molar-refractivity contribution in [2.75, 3.05) is 14.2 Å². The van der Waals surface area contributed by atoms with Crippen LogP contribution >= 0.6 is 0 Å². The summed E-state index contributed by atoms with van der Waals surface area (Å²) in [5.74, 6) is 2.83. The van der Waals surface area contributed by atoms with Crippen LogP contribution in [0.1, 0.15) is 11.5 Å². The van der Waals surface area contributed by atoms with Crippen molar-refractivity contribution in [3.05, 3.63) is 48.0 Å². The summed E-state index contributed by atoms with van der Waals surface area (Å²) < 4.78 is 13.0. The monoisotopic (exact) mass is 310 g/mol. The van der Waals surface area contributed by atoms with E-state index in [1.165, 1.54) is 0 Å². The van der Waals surface area contributed by atoms with Crippen LogP contribution in [-0.2, 0) is 0 Å². The SMILES string of the molecule is COc1cccc(OC)c1-n1c(C)nnc1-c1cccnc1C. The smallest absolute Gasteiger partial charge is 0.170 e. The van der Waals surface area contributed by atoms with Gasteiger partial charge in [-0.05, 0) is 38.1 Å². The fourth-order valence-corrected chi connectivity index (χ4v) is 2.58. The summed E-state index contributed by atoms with van der Waals surface area (Å²) in [7, 11) is 3.26. The standard InChI is InChI=1S/C17H18N4O2/c1-11-13(7-6-10-18-11)17-20-19-12(2)21(17)16-14(22-3)8-5-9-15(16)23-4/h5-10H,1-4H3. The van der Waals surface area contributed by atoms with Gasteiger partial charge in [-0.2, -0.15) is 0 Å². The molecular weight excluding hydrogens is 292 g/mol. The van der Waals surface area contributed by atoms with Gasteiger partial charge in [-0.3, -0.25) is 9.55 Å². The van der Waals surface area contributed by atoms with Crippen molar-refractivity contribution in [2.45, 2.75) is 13.8 Å². The van der Waals surface area contributed by atoms with E-state index in [1.807, 2.05) is 48.7 Å². The van der Waals surface area contributed by atoms with Crippen LogP contribution in [0.25, 0.3) is 17.1 Å². The molecule has 0 spiro atoms. The second-order valence-electron chi connectivity index (χ2n) is 5.05. The Labute approximate surface area is 134 Å². The van der Waals surface area contributed by atoms with Crippen molar-refractivity contribution < 1.29 is 9.47 Å². The Bertz CT molecular complexity index is 820. The van der Waals surface area contributed by atoms with Crippen LogP contribution in [0.5, 0.6) is 11.5 Å². The van der Waals surface area contributed by atoms with Gasteiger partial charge >= 0.3 is 0 Å². The maximum atomic E-state index is 5.52. The second kappa shape index (κ2) is 6.08. The number of aryl methyl sites for hydroxylation is 2. The Morgan fingerprint density at radius 2 is 1.61 bits per heavy atom. The Balaban J connectivity index is 2.31. The summed E-state index contributed by atoms with van der Waals surface area (Å²) in [5.41, 5.74) is 2.58. The predicted molar refractivity (Wildman–Crippen MR) is 87.2 cm³/mol. The van der Waals surface area contributed by atoms with Crippen LogP contribution in [0.4, 0.5) is 0 Å². The molecule has 3 aromatic rings. The molecule has 0 aliphatic heterocycles. The fourth-order valence-electron chi connectivity index (χ4n) is 2.58. The largest absolute Gasteiger partial charge is 0.494 e. The fraction of sp³-hybridized carbons (Fsp3) is 0.235. The lowest BCUT2D eigenvalue weighted by molar-refractivity contribution is 0.391. The molecule has 0 aliphatic rings. The van der Waals surface area contributed by atoms with E-state index in [9.17, 15) is 0 Å². The molecule has 6 nitrogen and oxygen atoms in total. The number of rotatable bonds is 4. The number of nitrogens with zero attached hydrogens (tertiary/aromatic N) is 4. The minimum atomic E-state index is 0.690. The Hall–Kier alpha value is -2.89. The summed E-state index contributed by atoms with van der Waals surface area (Å²) >= 11 is 0. The molecule has 0 N–H and O–H groups in total. The van der Waals surface area contributed by atoms with Gasteiger partial charge < -0.3 is 9.47 Å². The molecule has 3 rings (SSSR count). The molecule has 6 heteroatoms. The number of ether oxygens (including phenoxy) is 2. The van der Waals surface area contributed by atoms with Gasteiger partial charge in [0, 0.05) is 17.5 Å². The summed E-state index contributed by atoms with van der Waals surface area (Å²) in [4.78, 5) is 4.34. The van der Waals surface area contributed by atoms with E-state index in [2.05, 4.69) is 15.2 Å². The molecule has 0 fully saturated rings. The first-order chi connectivity index (χ1) is 11.2. The third-order valence-electron chi connectivity index (χ3n) is 3.70. The molecule has 0 bridgehead atoms. The van der Waals surface area contributed by atoms with Gasteiger partial charge in [0.25, 0.3) is 0 Å². The van der Waals surface area contributed by atoms with Crippen molar-refractivity contribution in [1.29, 1.82) is 0 Å².